The summed E-state index contributed by atoms with van der Waals surface area (Å²) in [5.74, 6) is -2.87. The zero-order valence-corrected chi connectivity index (χ0v) is 20.0. The van der Waals surface area contributed by atoms with Crippen LogP contribution in [0.5, 0.6) is 0 Å². The Morgan fingerprint density at radius 3 is 1.90 bits per heavy atom. The van der Waals surface area contributed by atoms with Gasteiger partial charge in [-0.15, -0.1) is 0 Å². The van der Waals surface area contributed by atoms with Gasteiger partial charge in [-0.3, -0.25) is 0 Å². The van der Waals surface area contributed by atoms with E-state index in [0.717, 1.165) is 0 Å². The van der Waals surface area contributed by atoms with Crippen LogP contribution in [0.1, 0.15) is 13.3 Å². The number of hydrogen-bond donors (Lipinski definition) is 1. The third-order valence-electron chi connectivity index (χ3n) is 5.29. The van der Waals surface area contributed by atoms with Crippen molar-refractivity contribution in [1.82, 2.24) is 0 Å². The van der Waals surface area contributed by atoms with E-state index in [-0.39, 0.29) is 19.8 Å². The summed E-state index contributed by atoms with van der Waals surface area (Å²) in [6.07, 6.45) is -3.58. The molecule has 11 nitrogen and oxygen atoms in total. The molecule has 0 aromatic heterocycles. The van der Waals surface area contributed by atoms with E-state index in [0.29, 0.717) is 13.0 Å². The summed E-state index contributed by atoms with van der Waals surface area (Å²) in [5.41, 5.74) is 0. The van der Waals surface area contributed by atoms with E-state index >= 15 is 0 Å². The van der Waals surface area contributed by atoms with E-state index < -0.39 is 42.3 Å². The average molecular weight is 457 g/mol. The number of methoxy groups -OCH3 is 7. The Kier molecular flexibility index (Phi) is 12.9. The highest BCUT2D eigenvalue weighted by Crippen LogP contribution is 2.44. The molecule has 0 amide bonds. The molecule has 0 radical (unpaired) electrons. The first-order valence-corrected chi connectivity index (χ1v) is 10.1. The summed E-state index contributed by atoms with van der Waals surface area (Å²) in [6, 6.07) is 0. The molecule has 11 heteroatoms. The second kappa shape index (κ2) is 14.0. The van der Waals surface area contributed by atoms with Gasteiger partial charge in [0.25, 0.3) is 0 Å². The van der Waals surface area contributed by atoms with E-state index in [4.69, 9.17) is 47.4 Å². The molecule has 0 spiro atoms. The lowest BCUT2D eigenvalue weighted by molar-refractivity contribution is -0.381. The number of aliphatic hydroxyl groups excluding tert-OH is 1. The van der Waals surface area contributed by atoms with E-state index in [1.54, 1.807) is 21.3 Å². The summed E-state index contributed by atoms with van der Waals surface area (Å²) in [5, 5.41) is 10.9. The fourth-order valence-corrected chi connectivity index (χ4v) is 3.72. The van der Waals surface area contributed by atoms with E-state index in [1.165, 1.54) is 28.4 Å². The average Bonchev–Trinajstić information content (AvgIpc) is 3.00. The number of aliphatic hydroxyl groups is 1. The minimum Gasteiger partial charge on any atom is -0.384 e. The van der Waals surface area contributed by atoms with Gasteiger partial charge < -0.3 is 52.5 Å². The Morgan fingerprint density at radius 2 is 1.45 bits per heavy atom. The highest BCUT2D eigenvalue weighted by atomic mass is 16.9. The van der Waals surface area contributed by atoms with Crippen LogP contribution in [0.25, 0.3) is 0 Å². The maximum absolute atomic E-state index is 10.9. The van der Waals surface area contributed by atoms with Gasteiger partial charge in [-0.1, -0.05) is 6.92 Å². The SMILES string of the molecule is CCC1(OC(COC)OC(COC)C(COC)OC)OC(COC)(OC)C(O)C1OC. The van der Waals surface area contributed by atoms with Crippen LogP contribution in [0.2, 0.25) is 0 Å². The molecule has 1 N–H and O–H groups in total. The lowest BCUT2D eigenvalue weighted by Crippen LogP contribution is -2.51. The van der Waals surface area contributed by atoms with Gasteiger partial charge in [0.05, 0.1) is 19.8 Å². The van der Waals surface area contributed by atoms with Crippen LogP contribution in [0.15, 0.2) is 0 Å². The zero-order chi connectivity index (χ0) is 23.5. The van der Waals surface area contributed by atoms with Crippen molar-refractivity contribution in [3.63, 3.8) is 0 Å². The monoisotopic (exact) mass is 456 g/mol. The Hall–Kier alpha value is -0.440. The van der Waals surface area contributed by atoms with Gasteiger partial charge in [-0.25, -0.2) is 0 Å². The van der Waals surface area contributed by atoms with Gasteiger partial charge in [0, 0.05) is 56.2 Å². The Morgan fingerprint density at radius 1 is 0.839 bits per heavy atom. The number of ether oxygens (including phenoxy) is 10. The highest BCUT2D eigenvalue weighted by molar-refractivity contribution is 5.02. The molecule has 0 saturated carbocycles. The van der Waals surface area contributed by atoms with Crippen molar-refractivity contribution in [1.29, 1.82) is 0 Å². The molecular formula is C20H40O11. The number of rotatable bonds is 17. The third-order valence-corrected chi connectivity index (χ3v) is 5.29. The van der Waals surface area contributed by atoms with Crippen LogP contribution < -0.4 is 0 Å². The molecule has 7 atom stereocenters. The van der Waals surface area contributed by atoms with Gasteiger partial charge in [-0.2, -0.15) is 0 Å². The normalized spacial score (nSPS) is 31.6. The second-order valence-electron chi connectivity index (χ2n) is 7.18. The van der Waals surface area contributed by atoms with E-state index in [2.05, 4.69) is 0 Å². The standard InChI is InChI=1S/C20H40O11/c1-9-19(18(27-7)17(21)20(28-8,31-19)13-25-5)30-16(12-24-4)29-15(11-23-3)14(26-6)10-22-2/h14-18,21H,9-13H2,1-8H3. The van der Waals surface area contributed by atoms with Crippen molar-refractivity contribution in [3.8, 4) is 0 Å². The second-order valence-corrected chi connectivity index (χ2v) is 7.18. The topological polar surface area (TPSA) is 113 Å². The van der Waals surface area contributed by atoms with Gasteiger partial charge in [0.15, 0.2) is 6.29 Å². The fourth-order valence-electron chi connectivity index (χ4n) is 3.72. The first-order valence-electron chi connectivity index (χ1n) is 10.1. The third kappa shape index (κ3) is 6.78. The molecule has 0 aliphatic carbocycles. The van der Waals surface area contributed by atoms with Gasteiger partial charge in [0.1, 0.15) is 31.0 Å². The molecule has 1 rings (SSSR count). The predicted octanol–water partition coefficient (Wildman–Crippen LogP) is 0.170. The maximum atomic E-state index is 10.9. The van der Waals surface area contributed by atoms with Crippen LogP contribution in [-0.4, -0.2) is 124 Å². The van der Waals surface area contributed by atoms with Gasteiger partial charge in [0.2, 0.25) is 11.6 Å². The van der Waals surface area contributed by atoms with Crippen molar-refractivity contribution in [2.45, 2.75) is 55.6 Å². The molecule has 31 heavy (non-hydrogen) atoms. The van der Waals surface area contributed by atoms with Crippen LogP contribution in [-0.2, 0) is 47.4 Å². The minimum atomic E-state index is -1.47. The summed E-state index contributed by atoms with van der Waals surface area (Å²) >= 11 is 0. The van der Waals surface area contributed by atoms with Crippen LogP contribution in [0.4, 0.5) is 0 Å². The lowest BCUT2D eigenvalue weighted by atomic mass is 10.0. The quantitative estimate of drug-likeness (QED) is 0.302. The van der Waals surface area contributed by atoms with E-state index in [1.807, 2.05) is 6.92 Å². The lowest BCUT2D eigenvalue weighted by Gasteiger charge is -2.38. The van der Waals surface area contributed by atoms with Crippen molar-refractivity contribution < 1.29 is 52.5 Å². The fraction of sp³-hybridized carbons (Fsp3) is 1.00. The zero-order valence-electron chi connectivity index (χ0n) is 20.0. The van der Waals surface area contributed by atoms with E-state index in [9.17, 15) is 5.11 Å². The van der Waals surface area contributed by atoms with Crippen LogP contribution >= 0.6 is 0 Å². The molecule has 0 aromatic carbocycles. The largest absolute Gasteiger partial charge is 0.384 e. The smallest absolute Gasteiger partial charge is 0.224 e. The Balaban J connectivity index is 3.18. The van der Waals surface area contributed by atoms with Crippen molar-refractivity contribution in [3.05, 3.63) is 0 Å². The molecule has 0 aromatic rings. The predicted molar refractivity (Wildman–Crippen MR) is 109 cm³/mol. The van der Waals surface area contributed by atoms with Gasteiger partial charge in [-0.05, 0) is 0 Å². The molecule has 1 aliphatic heterocycles. The maximum Gasteiger partial charge on any atom is 0.224 e. The minimum absolute atomic E-state index is 0.0304. The molecular weight excluding hydrogens is 416 g/mol. The van der Waals surface area contributed by atoms with Crippen LogP contribution in [0, 0.1) is 0 Å². The number of hydrogen-bond acceptors (Lipinski definition) is 11. The first kappa shape index (κ1) is 28.6. The van der Waals surface area contributed by atoms with Crippen LogP contribution in [0.3, 0.4) is 0 Å². The van der Waals surface area contributed by atoms with Crippen molar-refractivity contribution >= 4 is 0 Å². The Labute approximate surface area is 185 Å². The summed E-state index contributed by atoms with van der Waals surface area (Å²) in [6.45, 7) is 2.41. The van der Waals surface area contributed by atoms with Crippen molar-refractivity contribution in [2.24, 2.45) is 0 Å². The Bertz CT molecular complexity index is 482. The molecule has 0 bridgehead atoms. The summed E-state index contributed by atoms with van der Waals surface area (Å²) in [4.78, 5) is 0. The highest BCUT2D eigenvalue weighted by Gasteiger charge is 2.65. The molecule has 1 saturated heterocycles. The van der Waals surface area contributed by atoms with Crippen molar-refractivity contribution in [2.75, 3.05) is 76.2 Å². The molecule has 1 heterocycles. The first-order chi connectivity index (χ1) is 14.9. The molecule has 1 fully saturated rings. The summed E-state index contributed by atoms with van der Waals surface area (Å²) < 4.78 is 56.2. The molecule has 7 unspecified atom stereocenters. The van der Waals surface area contributed by atoms with Gasteiger partial charge >= 0.3 is 0 Å². The molecule has 186 valence electrons. The summed E-state index contributed by atoms with van der Waals surface area (Å²) in [7, 11) is 10.6. The molecule has 1 aliphatic rings.